The summed E-state index contributed by atoms with van der Waals surface area (Å²) in [7, 11) is 0. The minimum Gasteiger partial charge on any atom is -0.494 e. The maximum atomic E-state index is 9.33. The molecule has 1 atom stereocenters. The number of hydrogen-bond donors (Lipinski definition) is 2. The van der Waals surface area contributed by atoms with Crippen LogP contribution in [0.2, 0.25) is 0 Å². The van der Waals surface area contributed by atoms with Crippen molar-refractivity contribution in [1.29, 1.82) is 0 Å². The van der Waals surface area contributed by atoms with E-state index in [2.05, 4.69) is 0 Å². The van der Waals surface area contributed by atoms with Crippen LogP contribution in [0.25, 0.3) is 0 Å². The second kappa shape index (κ2) is 5.32. The van der Waals surface area contributed by atoms with Crippen molar-refractivity contribution in [1.82, 2.24) is 0 Å². The topological polar surface area (TPSA) is 55.5 Å². The highest BCUT2D eigenvalue weighted by atomic mass is 16.5. The Labute approximate surface area is 97.2 Å². The van der Waals surface area contributed by atoms with Crippen molar-refractivity contribution in [2.75, 3.05) is 13.2 Å². The van der Waals surface area contributed by atoms with Crippen molar-refractivity contribution in [3.05, 3.63) is 29.8 Å². The number of rotatable bonds is 5. The lowest BCUT2D eigenvalue weighted by Crippen LogP contribution is -2.32. The molecule has 0 amide bonds. The molecule has 0 bridgehead atoms. The molecule has 3 N–H and O–H groups in total. The lowest BCUT2D eigenvalue weighted by molar-refractivity contribution is 0.130. The predicted molar refractivity (Wildman–Crippen MR) is 65.4 cm³/mol. The quantitative estimate of drug-likeness (QED) is 0.803. The molecule has 1 aromatic rings. The van der Waals surface area contributed by atoms with Crippen molar-refractivity contribution in [2.45, 2.75) is 26.8 Å². The minimum absolute atomic E-state index is 0.0502. The third kappa shape index (κ3) is 2.74. The zero-order chi connectivity index (χ0) is 12.2. The highest BCUT2D eigenvalue weighted by Gasteiger charge is 2.28. The lowest BCUT2D eigenvalue weighted by atomic mass is 9.81. The van der Waals surface area contributed by atoms with Crippen molar-refractivity contribution in [3.63, 3.8) is 0 Å². The molecule has 0 saturated heterocycles. The van der Waals surface area contributed by atoms with Gasteiger partial charge >= 0.3 is 0 Å². The summed E-state index contributed by atoms with van der Waals surface area (Å²) in [5.74, 6) is 0.805. The SMILES string of the molecule is CCOc1ccccc1[C@@H](N)C(C)(C)CO. The van der Waals surface area contributed by atoms with E-state index in [9.17, 15) is 5.11 Å². The molecule has 0 saturated carbocycles. The van der Waals surface area contributed by atoms with E-state index in [-0.39, 0.29) is 18.1 Å². The van der Waals surface area contributed by atoms with E-state index in [1.54, 1.807) is 0 Å². The van der Waals surface area contributed by atoms with Gasteiger partial charge in [0.2, 0.25) is 0 Å². The molecule has 0 aliphatic carbocycles. The van der Waals surface area contributed by atoms with Crippen LogP contribution in [0, 0.1) is 5.41 Å². The predicted octanol–water partition coefficient (Wildman–Crippen LogP) is 2.10. The number of hydrogen-bond acceptors (Lipinski definition) is 3. The van der Waals surface area contributed by atoms with E-state index in [1.165, 1.54) is 0 Å². The number of para-hydroxylation sites is 1. The van der Waals surface area contributed by atoms with E-state index in [0.717, 1.165) is 11.3 Å². The first-order chi connectivity index (χ1) is 7.53. The maximum Gasteiger partial charge on any atom is 0.124 e. The molecule has 3 heteroatoms. The van der Waals surface area contributed by atoms with Crippen molar-refractivity contribution in [3.8, 4) is 5.75 Å². The van der Waals surface area contributed by atoms with Crippen LogP contribution in [0.15, 0.2) is 24.3 Å². The van der Waals surface area contributed by atoms with Gasteiger partial charge in [-0.05, 0) is 13.0 Å². The van der Waals surface area contributed by atoms with Gasteiger partial charge in [-0.2, -0.15) is 0 Å². The fraction of sp³-hybridized carbons (Fsp3) is 0.538. The largest absolute Gasteiger partial charge is 0.494 e. The van der Waals surface area contributed by atoms with E-state index < -0.39 is 0 Å². The van der Waals surface area contributed by atoms with Gasteiger partial charge in [0, 0.05) is 23.6 Å². The molecule has 0 unspecified atom stereocenters. The highest BCUT2D eigenvalue weighted by Crippen LogP contribution is 2.35. The second-order valence-corrected chi connectivity index (χ2v) is 4.60. The molecule has 0 aliphatic heterocycles. The van der Waals surface area contributed by atoms with E-state index in [1.807, 2.05) is 45.0 Å². The minimum atomic E-state index is -0.354. The van der Waals surface area contributed by atoms with Crippen molar-refractivity contribution >= 4 is 0 Å². The molecule has 3 nitrogen and oxygen atoms in total. The Hall–Kier alpha value is -1.06. The van der Waals surface area contributed by atoms with Crippen molar-refractivity contribution < 1.29 is 9.84 Å². The smallest absolute Gasteiger partial charge is 0.124 e. The summed E-state index contributed by atoms with van der Waals surface area (Å²) >= 11 is 0. The Balaban J connectivity index is 3.02. The fourth-order valence-corrected chi connectivity index (χ4v) is 1.54. The summed E-state index contributed by atoms with van der Waals surface area (Å²) in [4.78, 5) is 0. The average Bonchev–Trinajstić information content (AvgIpc) is 2.29. The van der Waals surface area contributed by atoms with Crippen LogP contribution in [-0.2, 0) is 0 Å². The van der Waals surface area contributed by atoms with Gasteiger partial charge in [-0.25, -0.2) is 0 Å². The van der Waals surface area contributed by atoms with Gasteiger partial charge in [0.25, 0.3) is 0 Å². The molecule has 1 rings (SSSR count). The summed E-state index contributed by atoms with van der Waals surface area (Å²) in [5, 5.41) is 9.33. The molecule has 16 heavy (non-hydrogen) atoms. The third-order valence-corrected chi connectivity index (χ3v) is 2.80. The number of nitrogens with two attached hydrogens (primary N) is 1. The monoisotopic (exact) mass is 223 g/mol. The Morgan fingerprint density at radius 2 is 2.00 bits per heavy atom. The summed E-state index contributed by atoms with van der Waals surface area (Å²) in [6.07, 6.45) is 0. The first-order valence-electron chi connectivity index (χ1n) is 5.61. The van der Waals surface area contributed by atoms with Crippen molar-refractivity contribution in [2.24, 2.45) is 11.1 Å². The molecule has 0 aliphatic rings. The van der Waals surface area contributed by atoms with Crippen LogP contribution < -0.4 is 10.5 Å². The zero-order valence-corrected chi connectivity index (χ0v) is 10.2. The molecule has 0 spiro atoms. The number of benzene rings is 1. The number of aliphatic hydroxyl groups excluding tert-OH is 1. The molecule has 0 fully saturated rings. The summed E-state index contributed by atoms with van der Waals surface area (Å²) in [5.41, 5.74) is 6.77. The van der Waals surface area contributed by atoms with Crippen LogP contribution in [0.5, 0.6) is 5.75 Å². The van der Waals surface area contributed by atoms with Gasteiger partial charge in [-0.15, -0.1) is 0 Å². The first-order valence-corrected chi connectivity index (χ1v) is 5.61. The zero-order valence-electron chi connectivity index (χ0n) is 10.2. The summed E-state index contributed by atoms with van der Waals surface area (Å²) in [6, 6.07) is 7.48. The number of aliphatic hydroxyl groups is 1. The molecule has 0 radical (unpaired) electrons. The lowest BCUT2D eigenvalue weighted by Gasteiger charge is -2.30. The van der Waals surface area contributed by atoms with Crippen LogP contribution in [-0.4, -0.2) is 18.3 Å². The average molecular weight is 223 g/mol. The van der Waals surface area contributed by atoms with Gasteiger partial charge < -0.3 is 15.6 Å². The van der Waals surface area contributed by atoms with Crippen LogP contribution in [0.1, 0.15) is 32.4 Å². The Morgan fingerprint density at radius 1 is 1.38 bits per heavy atom. The van der Waals surface area contributed by atoms with E-state index >= 15 is 0 Å². The molecule has 0 heterocycles. The van der Waals surface area contributed by atoms with Crippen LogP contribution in [0.4, 0.5) is 0 Å². The Kier molecular flexibility index (Phi) is 4.33. The molecule has 90 valence electrons. The second-order valence-electron chi connectivity index (χ2n) is 4.60. The van der Waals surface area contributed by atoms with E-state index in [4.69, 9.17) is 10.5 Å². The van der Waals surface area contributed by atoms with Gasteiger partial charge in [0.05, 0.1) is 6.61 Å². The van der Waals surface area contributed by atoms with E-state index in [0.29, 0.717) is 6.61 Å². The molecular formula is C13H21NO2. The van der Waals surface area contributed by atoms with Gasteiger partial charge in [0.1, 0.15) is 5.75 Å². The standard InChI is InChI=1S/C13H21NO2/c1-4-16-11-8-6-5-7-10(11)12(14)13(2,3)9-15/h5-8,12,15H,4,9,14H2,1-3H3/t12-/m1/s1. The number of ether oxygens (including phenoxy) is 1. The third-order valence-electron chi connectivity index (χ3n) is 2.80. The molecular weight excluding hydrogens is 202 g/mol. The molecule has 1 aromatic carbocycles. The Bertz CT molecular complexity index is 336. The van der Waals surface area contributed by atoms with Crippen LogP contribution in [0.3, 0.4) is 0 Å². The maximum absolute atomic E-state index is 9.33. The summed E-state index contributed by atoms with van der Waals surface area (Å²) in [6.45, 7) is 6.50. The van der Waals surface area contributed by atoms with Gasteiger partial charge in [-0.1, -0.05) is 32.0 Å². The first kappa shape index (κ1) is 13.0. The molecule has 0 aromatic heterocycles. The van der Waals surface area contributed by atoms with Gasteiger partial charge in [0.15, 0.2) is 0 Å². The fourth-order valence-electron chi connectivity index (χ4n) is 1.54. The van der Waals surface area contributed by atoms with Crippen LogP contribution >= 0.6 is 0 Å². The highest BCUT2D eigenvalue weighted by molar-refractivity contribution is 5.36. The van der Waals surface area contributed by atoms with Gasteiger partial charge in [-0.3, -0.25) is 0 Å². The normalized spacial score (nSPS) is 13.6. The summed E-state index contributed by atoms with van der Waals surface area (Å²) < 4.78 is 5.54. The Morgan fingerprint density at radius 3 is 2.56 bits per heavy atom.